The molecule has 0 aromatic heterocycles. The Hall–Kier alpha value is -2.66. The molecule has 11 heteroatoms. The fourth-order valence-electron chi connectivity index (χ4n) is 4.45. The summed E-state index contributed by atoms with van der Waals surface area (Å²) < 4.78 is 34.2. The number of nitrogens with zero attached hydrogens (tertiary/aromatic N) is 2. The van der Waals surface area contributed by atoms with E-state index in [-0.39, 0.29) is 54.7 Å². The van der Waals surface area contributed by atoms with Crippen molar-refractivity contribution in [2.45, 2.75) is 50.2 Å². The van der Waals surface area contributed by atoms with Gasteiger partial charge < -0.3 is 20.1 Å². The van der Waals surface area contributed by atoms with Crippen LogP contribution in [-0.4, -0.2) is 73.4 Å². The number of aliphatic hydroxyl groups is 1. The lowest BCUT2D eigenvalue weighted by molar-refractivity contribution is -0.134. The molecule has 1 fully saturated rings. The normalized spacial score (nSPS) is 21.1. The van der Waals surface area contributed by atoms with E-state index < -0.39 is 22.2 Å². The van der Waals surface area contributed by atoms with Gasteiger partial charge in [0.2, 0.25) is 21.8 Å². The molecule has 2 aliphatic rings. The number of carbonyl (C=O) groups is 2. The molecule has 1 saturated carbocycles. The van der Waals surface area contributed by atoms with E-state index >= 15 is 0 Å². The highest BCUT2D eigenvalue weighted by molar-refractivity contribution is 7.89. The van der Waals surface area contributed by atoms with Gasteiger partial charge in [-0.25, -0.2) is 8.42 Å². The fourth-order valence-corrected chi connectivity index (χ4v) is 5.76. The Morgan fingerprint density at radius 3 is 2.55 bits per heavy atom. The van der Waals surface area contributed by atoms with E-state index in [1.54, 1.807) is 30.0 Å². The predicted molar refractivity (Wildman–Crippen MR) is 145 cm³/mol. The van der Waals surface area contributed by atoms with Crippen LogP contribution in [0.5, 0.6) is 5.75 Å². The van der Waals surface area contributed by atoms with Crippen molar-refractivity contribution in [2.24, 2.45) is 11.8 Å². The molecule has 0 spiro atoms. The molecular formula is C27H34ClN3O6S. The zero-order chi connectivity index (χ0) is 27.6. The molecule has 3 atom stereocenters. The summed E-state index contributed by atoms with van der Waals surface area (Å²) in [5.41, 5.74) is 1.16. The first kappa shape index (κ1) is 28.4. The molecule has 2 amide bonds. The smallest absolute Gasteiger partial charge is 0.242 e. The van der Waals surface area contributed by atoms with Gasteiger partial charge in [0, 0.05) is 41.7 Å². The number of hydrogen-bond donors (Lipinski definition) is 2. The molecule has 1 aliphatic carbocycles. The number of halogens is 1. The third-order valence-corrected chi connectivity index (χ3v) is 9.18. The lowest BCUT2D eigenvalue weighted by Gasteiger charge is -2.33. The van der Waals surface area contributed by atoms with Gasteiger partial charge in [-0.2, -0.15) is 4.31 Å². The number of amides is 2. The SMILES string of the molecule is C[C@@H]1CN([C@@H](C)CO)C(=O)Cc2cc(NC(=O)C3CC3)ccc2O[C@H]1CN(C)S(=O)(=O)c1ccc(Cl)cc1. The van der Waals surface area contributed by atoms with Gasteiger partial charge in [0.05, 0.1) is 30.5 Å². The van der Waals surface area contributed by atoms with E-state index in [0.29, 0.717) is 22.0 Å². The second kappa shape index (κ2) is 11.6. The van der Waals surface area contributed by atoms with Gasteiger partial charge in [-0.1, -0.05) is 18.5 Å². The average Bonchev–Trinajstić information content (AvgIpc) is 3.72. The highest BCUT2D eigenvalue weighted by Crippen LogP contribution is 2.33. The number of anilines is 1. The molecule has 4 rings (SSSR count). The first-order chi connectivity index (χ1) is 18.0. The van der Waals surface area contributed by atoms with Gasteiger partial charge in [0.25, 0.3) is 0 Å². The number of nitrogens with one attached hydrogen (secondary N) is 1. The van der Waals surface area contributed by atoms with Gasteiger partial charge in [-0.05, 0) is 62.2 Å². The molecule has 206 valence electrons. The fraction of sp³-hybridized carbons (Fsp3) is 0.481. The minimum Gasteiger partial charge on any atom is -0.488 e. The Kier molecular flexibility index (Phi) is 8.66. The lowest BCUT2D eigenvalue weighted by atomic mass is 10.0. The first-order valence-electron chi connectivity index (χ1n) is 12.7. The maximum atomic E-state index is 13.3. The quantitative estimate of drug-likeness (QED) is 0.510. The molecule has 2 aromatic rings. The van der Waals surface area contributed by atoms with Crippen LogP contribution in [0.2, 0.25) is 5.02 Å². The minimum absolute atomic E-state index is 0.0190. The minimum atomic E-state index is -3.83. The molecule has 0 saturated heterocycles. The molecule has 9 nitrogen and oxygen atoms in total. The Balaban J connectivity index is 1.64. The molecular weight excluding hydrogens is 530 g/mol. The molecule has 0 unspecified atom stereocenters. The molecule has 38 heavy (non-hydrogen) atoms. The Labute approximate surface area is 228 Å². The summed E-state index contributed by atoms with van der Waals surface area (Å²) >= 11 is 5.93. The van der Waals surface area contributed by atoms with E-state index in [9.17, 15) is 23.1 Å². The van der Waals surface area contributed by atoms with Crippen molar-refractivity contribution in [3.05, 3.63) is 53.1 Å². The molecule has 2 N–H and O–H groups in total. The molecule has 1 aliphatic heterocycles. The number of carbonyl (C=O) groups excluding carboxylic acids is 2. The average molecular weight is 564 g/mol. The van der Waals surface area contributed by atoms with Crippen LogP contribution < -0.4 is 10.1 Å². The Morgan fingerprint density at radius 1 is 1.24 bits per heavy atom. The van der Waals surface area contributed by atoms with E-state index in [1.165, 1.54) is 35.6 Å². The number of likely N-dealkylation sites (N-methyl/N-ethyl adjacent to an activating group) is 1. The van der Waals surface area contributed by atoms with E-state index in [0.717, 1.165) is 12.8 Å². The summed E-state index contributed by atoms with van der Waals surface area (Å²) in [6, 6.07) is 10.7. The van der Waals surface area contributed by atoms with E-state index in [2.05, 4.69) is 5.32 Å². The number of rotatable bonds is 8. The zero-order valence-electron chi connectivity index (χ0n) is 21.8. The van der Waals surface area contributed by atoms with E-state index in [4.69, 9.17) is 16.3 Å². The van der Waals surface area contributed by atoms with Crippen LogP contribution in [0.3, 0.4) is 0 Å². The molecule has 0 bridgehead atoms. The Bertz CT molecular complexity index is 1280. The number of benzene rings is 2. The predicted octanol–water partition coefficient (Wildman–Crippen LogP) is 3.16. The maximum absolute atomic E-state index is 13.3. The van der Waals surface area contributed by atoms with Gasteiger partial charge in [0.1, 0.15) is 11.9 Å². The van der Waals surface area contributed by atoms with Crippen molar-refractivity contribution in [3.63, 3.8) is 0 Å². The summed E-state index contributed by atoms with van der Waals surface area (Å²) in [5.74, 6) is -0.0122. The topological polar surface area (TPSA) is 116 Å². The van der Waals surface area contributed by atoms with Crippen LogP contribution in [0.1, 0.15) is 32.3 Å². The summed E-state index contributed by atoms with van der Waals surface area (Å²) in [6.07, 6.45) is 1.16. The summed E-state index contributed by atoms with van der Waals surface area (Å²) in [7, 11) is -2.34. The first-order valence-corrected chi connectivity index (χ1v) is 14.5. The third kappa shape index (κ3) is 6.48. The van der Waals surface area contributed by atoms with Crippen LogP contribution in [0.25, 0.3) is 0 Å². The van der Waals surface area contributed by atoms with Gasteiger partial charge in [-0.15, -0.1) is 0 Å². The van der Waals surface area contributed by atoms with Crippen molar-refractivity contribution in [1.29, 1.82) is 0 Å². The summed E-state index contributed by atoms with van der Waals surface area (Å²) in [6.45, 7) is 3.76. The third-order valence-electron chi connectivity index (χ3n) is 7.09. The van der Waals surface area contributed by atoms with Gasteiger partial charge in [-0.3, -0.25) is 9.59 Å². The van der Waals surface area contributed by atoms with Crippen molar-refractivity contribution in [2.75, 3.05) is 32.1 Å². The molecule has 2 aromatic carbocycles. The van der Waals surface area contributed by atoms with Crippen LogP contribution >= 0.6 is 11.6 Å². The van der Waals surface area contributed by atoms with E-state index in [1.807, 2.05) is 6.92 Å². The number of sulfonamides is 1. The summed E-state index contributed by atoms with van der Waals surface area (Å²) in [5, 5.41) is 13.2. The lowest BCUT2D eigenvalue weighted by Crippen LogP contribution is -2.48. The van der Waals surface area contributed by atoms with Gasteiger partial charge in [0.15, 0.2) is 0 Å². The van der Waals surface area contributed by atoms with Crippen molar-refractivity contribution < 1.29 is 27.9 Å². The second-order valence-corrected chi connectivity index (χ2v) is 12.7. The highest BCUT2D eigenvalue weighted by Gasteiger charge is 2.34. The molecule has 0 radical (unpaired) electrons. The van der Waals surface area contributed by atoms with Crippen LogP contribution in [0.15, 0.2) is 47.4 Å². The number of fused-ring (bicyclic) bond motifs is 1. The summed E-state index contributed by atoms with van der Waals surface area (Å²) in [4.78, 5) is 27.4. The van der Waals surface area contributed by atoms with Crippen molar-refractivity contribution >= 4 is 39.1 Å². The Morgan fingerprint density at radius 2 is 1.92 bits per heavy atom. The van der Waals surface area contributed by atoms with Gasteiger partial charge >= 0.3 is 0 Å². The molecule has 1 heterocycles. The largest absolute Gasteiger partial charge is 0.488 e. The number of hydrogen-bond acceptors (Lipinski definition) is 6. The number of ether oxygens (including phenoxy) is 1. The van der Waals surface area contributed by atoms with Crippen LogP contribution in [-0.2, 0) is 26.0 Å². The second-order valence-electron chi connectivity index (χ2n) is 10.2. The highest BCUT2D eigenvalue weighted by atomic mass is 35.5. The van der Waals surface area contributed by atoms with Crippen molar-refractivity contribution in [3.8, 4) is 5.75 Å². The monoisotopic (exact) mass is 563 g/mol. The zero-order valence-corrected chi connectivity index (χ0v) is 23.3. The maximum Gasteiger partial charge on any atom is 0.242 e. The van der Waals surface area contributed by atoms with Crippen LogP contribution in [0, 0.1) is 11.8 Å². The standard InChI is InChI=1S/C27H34ClN3O6S/c1-17-14-31(18(2)16-32)26(33)13-20-12-22(29-27(34)19-4-5-19)8-11-24(20)37-25(17)15-30(3)38(35,36)23-9-6-21(28)7-10-23/h6-12,17-19,25,32H,4-5,13-16H2,1-3H3,(H,29,34)/t17-,18+,25+/m1/s1. The van der Waals surface area contributed by atoms with Crippen LogP contribution in [0.4, 0.5) is 5.69 Å². The number of aliphatic hydroxyl groups excluding tert-OH is 1. The van der Waals surface area contributed by atoms with Crippen molar-refractivity contribution in [1.82, 2.24) is 9.21 Å².